The molecular formula is C8H12ClN3O. The number of nitrogens with two attached hydrogens (primary N) is 1. The second kappa shape index (κ2) is 4.30. The van der Waals surface area contributed by atoms with E-state index in [9.17, 15) is 0 Å². The average Bonchev–Trinajstić information content (AvgIpc) is 2.04. The fraction of sp³-hybridized carbons (Fsp3) is 0.375. The maximum Gasteiger partial charge on any atom is 0.108 e. The van der Waals surface area contributed by atoms with Gasteiger partial charge in [-0.25, -0.2) is 0 Å². The third-order valence-corrected chi connectivity index (χ3v) is 1.82. The number of anilines is 2. The number of rotatable bonds is 3. The van der Waals surface area contributed by atoms with Gasteiger partial charge >= 0.3 is 0 Å². The molecule has 1 heterocycles. The Labute approximate surface area is 82.2 Å². The van der Waals surface area contributed by atoms with E-state index in [2.05, 4.69) is 4.98 Å². The minimum Gasteiger partial charge on any atom is -0.396 e. The maximum absolute atomic E-state index is 5.90. The average molecular weight is 202 g/mol. The van der Waals surface area contributed by atoms with Crippen LogP contribution < -0.4 is 10.8 Å². The van der Waals surface area contributed by atoms with Crippen molar-refractivity contribution in [2.75, 3.05) is 24.5 Å². The van der Waals surface area contributed by atoms with E-state index in [4.69, 9.17) is 22.2 Å². The minimum absolute atomic E-state index is 0.482. The molecule has 0 saturated carbocycles. The molecule has 0 radical (unpaired) electrons. The van der Waals surface area contributed by atoms with Gasteiger partial charge < -0.3 is 5.73 Å². The largest absolute Gasteiger partial charge is 0.396 e. The first-order chi connectivity index (χ1) is 6.16. The second-order valence-electron chi connectivity index (χ2n) is 2.47. The van der Waals surface area contributed by atoms with Crippen molar-refractivity contribution in [1.29, 1.82) is 0 Å². The molecule has 1 rings (SSSR count). The third kappa shape index (κ3) is 2.23. The molecule has 0 aliphatic rings. The van der Waals surface area contributed by atoms with Crippen molar-refractivity contribution in [3.63, 3.8) is 0 Å². The Morgan fingerprint density at radius 2 is 2.31 bits per heavy atom. The van der Waals surface area contributed by atoms with E-state index in [-0.39, 0.29) is 0 Å². The van der Waals surface area contributed by atoms with Crippen molar-refractivity contribution < 1.29 is 4.84 Å². The van der Waals surface area contributed by atoms with Gasteiger partial charge in [0.05, 0.1) is 23.5 Å². The van der Waals surface area contributed by atoms with E-state index in [1.807, 2.05) is 6.92 Å². The topological polar surface area (TPSA) is 51.4 Å². The van der Waals surface area contributed by atoms with Gasteiger partial charge in [0, 0.05) is 13.2 Å². The van der Waals surface area contributed by atoms with Gasteiger partial charge in [0.25, 0.3) is 0 Å². The van der Waals surface area contributed by atoms with Crippen LogP contribution in [-0.2, 0) is 4.84 Å². The number of aromatic nitrogens is 1. The summed E-state index contributed by atoms with van der Waals surface area (Å²) in [6.07, 6.45) is 3.07. The van der Waals surface area contributed by atoms with E-state index in [0.717, 1.165) is 0 Å². The lowest BCUT2D eigenvalue weighted by Gasteiger charge is -2.20. The van der Waals surface area contributed by atoms with Gasteiger partial charge in [-0.3, -0.25) is 14.9 Å². The predicted octanol–water partition coefficient (Wildman–Crippen LogP) is 1.70. The number of hydrogen-bond acceptors (Lipinski definition) is 4. The highest BCUT2D eigenvalue weighted by atomic mass is 35.5. The zero-order valence-electron chi connectivity index (χ0n) is 7.62. The Morgan fingerprint density at radius 1 is 1.62 bits per heavy atom. The molecule has 0 amide bonds. The highest BCUT2D eigenvalue weighted by Crippen LogP contribution is 2.29. The van der Waals surface area contributed by atoms with E-state index >= 15 is 0 Å². The lowest BCUT2D eigenvalue weighted by molar-refractivity contribution is 0.135. The van der Waals surface area contributed by atoms with Gasteiger partial charge in [-0.2, -0.15) is 0 Å². The fourth-order valence-corrected chi connectivity index (χ4v) is 1.32. The van der Waals surface area contributed by atoms with Crippen molar-refractivity contribution in [3.05, 3.63) is 17.4 Å². The monoisotopic (exact) mass is 201 g/mol. The summed E-state index contributed by atoms with van der Waals surface area (Å²) in [6, 6.07) is 0. The molecule has 0 saturated heterocycles. The quantitative estimate of drug-likeness (QED) is 0.757. The number of nitrogens with zero attached hydrogens (tertiary/aromatic N) is 2. The van der Waals surface area contributed by atoms with Gasteiger partial charge in [0.2, 0.25) is 0 Å². The van der Waals surface area contributed by atoms with Crippen LogP contribution in [0, 0.1) is 0 Å². The lowest BCUT2D eigenvalue weighted by Crippen LogP contribution is -2.19. The number of hydroxylamine groups is 1. The summed E-state index contributed by atoms with van der Waals surface area (Å²) < 4.78 is 0. The summed E-state index contributed by atoms with van der Waals surface area (Å²) in [5.41, 5.74) is 6.84. The summed E-state index contributed by atoms with van der Waals surface area (Å²) in [7, 11) is 1.75. The van der Waals surface area contributed by atoms with Crippen LogP contribution in [0.5, 0.6) is 0 Å². The Kier molecular flexibility index (Phi) is 3.33. The zero-order valence-corrected chi connectivity index (χ0v) is 8.38. The van der Waals surface area contributed by atoms with Crippen LogP contribution in [0.3, 0.4) is 0 Å². The molecule has 72 valence electrons. The number of halogens is 1. The highest BCUT2D eigenvalue weighted by molar-refractivity contribution is 6.33. The van der Waals surface area contributed by atoms with Gasteiger partial charge in [-0.15, -0.1) is 0 Å². The van der Waals surface area contributed by atoms with Crippen LogP contribution in [-0.4, -0.2) is 18.6 Å². The second-order valence-corrected chi connectivity index (χ2v) is 2.88. The molecule has 0 atom stereocenters. The molecule has 0 bridgehead atoms. The highest BCUT2D eigenvalue weighted by Gasteiger charge is 2.09. The Morgan fingerprint density at radius 3 is 2.85 bits per heavy atom. The SMILES string of the molecule is CCON(C)c1c(N)cncc1Cl. The molecule has 1 aromatic rings. The fourth-order valence-electron chi connectivity index (χ4n) is 1.03. The first kappa shape index (κ1) is 10.1. The van der Waals surface area contributed by atoms with Gasteiger partial charge in [-0.1, -0.05) is 11.6 Å². The number of pyridine rings is 1. The van der Waals surface area contributed by atoms with Gasteiger partial charge in [-0.05, 0) is 6.92 Å². The molecule has 0 fully saturated rings. The van der Waals surface area contributed by atoms with Crippen LogP contribution in [0.15, 0.2) is 12.4 Å². The van der Waals surface area contributed by atoms with Crippen LogP contribution in [0.2, 0.25) is 5.02 Å². The molecule has 1 aromatic heterocycles. The molecule has 0 unspecified atom stereocenters. The van der Waals surface area contributed by atoms with Crippen molar-refractivity contribution in [2.45, 2.75) is 6.92 Å². The third-order valence-electron chi connectivity index (χ3n) is 1.54. The summed E-state index contributed by atoms with van der Waals surface area (Å²) >= 11 is 5.90. The molecular weight excluding hydrogens is 190 g/mol. The number of hydrogen-bond donors (Lipinski definition) is 1. The molecule has 0 aliphatic carbocycles. The molecule has 5 heteroatoms. The van der Waals surface area contributed by atoms with Crippen LogP contribution in [0.1, 0.15) is 6.92 Å². The van der Waals surface area contributed by atoms with E-state index in [1.54, 1.807) is 12.1 Å². The van der Waals surface area contributed by atoms with E-state index < -0.39 is 0 Å². The van der Waals surface area contributed by atoms with Crippen LogP contribution in [0.4, 0.5) is 11.4 Å². The molecule has 2 N–H and O–H groups in total. The Balaban J connectivity index is 2.98. The number of nitrogen functional groups attached to an aromatic ring is 1. The van der Waals surface area contributed by atoms with Gasteiger partial charge in [0.15, 0.2) is 0 Å². The minimum atomic E-state index is 0.482. The van der Waals surface area contributed by atoms with Crippen molar-refractivity contribution in [2.24, 2.45) is 0 Å². The first-order valence-electron chi connectivity index (χ1n) is 3.92. The summed E-state index contributed by atoms with van der Waals surface area (Å²) in [4.78, 5) is 9.08. The maximum atomic E-state index is 5.90. The predicted molar refractivity (Wildman–Crippen MR) is 53.7 cm³/mol. The standard InChI is InChI=1S/C8H12ClN3O/c1-3-13-12(2)8-6(9)4-11-5-7(8)10/h4-5H,3,10H2,1-2H3. The first-order valence-corrected chi connectivity index (χ1v) is 4.30. The van der Waals surface area contributed by atoms with Crippen LogP contribution in [0.25, 0.3) is 0 Å². The molecule has 0 spiro atoms. The van der Waals surface area contributed by atoms with E-state index in [1.165, 1.54) is 12.4 Å². The Bertz CT molecular complexity index is 272. The lowest BCUT2D eigenvalue weighted by atomic mass is 10.3. The van der Waals surface area contributed by atoms with Gasteiger partial charge in [0.1, 0.15) is 5.69 Å². The molecule has 13 heavy (non-hydrogen) atoms. The van der Waals surface area contributed by atoms with E-state index in [0.29, 0.717) is 23.0 Å². The summed E-state index contributed by atoms with van der Waals surface area (Å²) in [5, 5.41) is 2.02. The van der Waals surface area contributed by atoms with Crippen molar-refractivity contribution >= 4 is 23.0 Å². The Hall–Kier alpha value is -1.00. The van der Waals surface area contributed by atoms with Crippen molar-refractivity contribution in [3.8, 4) is 0 Å². The summed E-state index contributed by atoms with van der Waals surface area (Å²) in [6.45, 7) is 2.45. The normalized spacial score (nSPS) is 10.1. The molecule has 0 aromatic carbocycles. The zero-order chi connectivity index (χ0) is 9.84. The van der Waals surface area contributed by atoms with Crippen LogP contribution >= 0.6 is 11.6 Å². The smallest absolute Gasteiger partial charge is 0.108 e. The summed E-state index contributed by atoms with van der Waals surface area (Å²) in [5.74, 6) is 0. The molecule has 0 aliphatic heterocycles. The van der Waals surface area contributed by atoms with Crippen molar-refractivity contribution in [1.82, 2.24) is 4.98 Å². The molecule has 4 nitrogen and oxygen atoms in total.